The summed E-state index contributed by atoms with van der Waals surface area (Å²) in [6.07, 6.45) is 2.90. The van der Waals surface area contributed by atoms with Crippen LogP contribution in [0.25, 0.3) is 0 Å². The van der Waals surface area contributed by atoms with Crippen molar-refractivity contribution in [3.63, 3.8) is 0 Å². The Hall–Kier alpha value is -2.08. The van der Waals surface area contributed by atoms with Crippen LogP contribution in [-0.4, -0.2) is 55.0 Å². The van der Waals surface area contributed by atoms with Crippen molar-refractivity contribution in [1.82, 2.24) is 15.5 Å². The predicted octanol–water partition coefficient (Wildman–Crippen LogP) is 2.66. The Labute approximate surface area is 175 Å². The van der Waals surface area contributed by atoms with Gasteiger partial charge in [0.15, 0.2) is 0 Å². The normalized spacial score (nSPS) is 23.4. The Bertz CT molecular complexity index is 694. The molecule has 1 fully saturated rings. The van der Waals surface area contributed by atoms with Gasteiger partial charge < -0.3 is 20.6 Å². The maximum atomic E-state index is 12.6. The summed E-state index contributed by atoms with van der Waals surface area (Å²) >= 11 is 0. The van der Waals surface area contributed by atoms with Crippen LogP contribution in [0.4, 0.5) is 0 Å². The molecule has 3 N–H and O–H groups in total. The Balaban J connectivity index is 1.87. The monoisotopic (exact) mass is 403 g/mol. The molecule has 0 radical (unpaired) electrons. The van der Waals surface area contributed by atoms with Crippen molar-refractivity contribution in [2.24, 2.45) is 11.8 Å². The number of hydrogen-bond donors (Lipinski definition) is 3. The third kappa shape index (κ3) is 6.20. The van der Waals surface area contributed by atoms with E-state index in [-0.39, 0.29) is 23.1 Å². The molecule has 1 aliphatic heterocycles. The molecule has 0 aromatic heterocycles. The number of likely N-dealkylation sites (tertiary alicyclic amines) is 1. The van der Waals surface area contributed by atoms with E-state index < -0.39 is 0 Å². The Morgan fingerprint density at radius 3 is 2.76 bits per heavy atom. The van der Waals surface area contributed by atoms with Gasteiger partial charge in [-0.2, -0.15) is 0 Å². The molecule has 1 aromatic carbocycles. The van der Waals surface area contributed by atoms with Gasteiger partial charge in [-0.15, -0.1) is 0 Å². The van der Waals surface area contributed by atoms with Gasteiger partial charge in [0.05, 0.1) is 5.92 Å². The zero-order valence-corrected chi connectivity index (χ0v) is 18.3. The van der Waals surface area contributed by atoms with Gasteiger partial charge in [0, 0.05) is 33.1 Å². The number of piperidine rings is 1. The third-order valence-corrected chi connectivity index (χ3v) is 6.57. The SMILES string of the molecule is CCC(CN1CCC(C)(c2cccc(O)c2)C(C)C1)C(=O)NCCCC(=O)NC. The van der Waals surface area contributed by atoms with Crippen LogP contribution in [0.3, 0.4) is 0 Å². The highest BCUT2D eigenvalue weighted by atomic mass is 16.3. The molecule has 6 heteroatoms. The smallest absolute Gasteiger partial charge is 0.224 e. The van der Waals surface area contributed by atoms with E-state index in [9.17, 15) is 14.7 Å². The second-order valence-corrected chi connectivity index (χ2v) is 8.55. The minimum Gasteiger partial charge on any atom is -0.508 e. The summed E-state index contributed by atoms with van der Waals surface area (Å²) in [5.74, 6) is 0.790. The topological polar surface area (TPSA) is 81.7 Å². The number of amides is 2. The van der Waals surface area contributed by atoms with Crippen LogP contribution < -0.4 is 10.6 Å². The molecule has 2 rings (SSSR count). The number of carbonyl (C=O) groups excluding carboxylic acids is 2. The molecule has 1 saturated heterocycles. The van der Waals surface area contributed by atoms with Gasteiger partial charge in [-0.3, -0.25) is 9.59 Å². The molecular formula is C23H37N3O3. The zero-order chi connectivity index (χ0) is 21.4. The van der Waals surface area contributed by atoms with Gasteiger partial charge in [0.2, 0.25) is 11.8 Å². The van der Waals surface area contributed by atoms with Crippen molar-refractivity contribution in [3.8, 4) is 5.75 Å². The number of benzene rings is 1. The van der Waals surface area contributed by atoms with Gasteiger partial charge in [0.1, 0.15) is 5.75 Å². The van der Waals surface area contributed by atoms with Crippen LogP contribution in [0.15, 0.2) is 24.3 Å². The molecule has 3 unspecified atom stereocenters. The highest BCUT2D eigenvalue weighted by Crippen LogP contribution is 2.40. The van der Waals surface area contributed by atoms with Crippen molar-refractivity contribution in [2.75, 3.05) is 33.2 Å². The number of phenols is 1. The highest BCUT2D eigenvalue weighted by Gasteiger charge is 2.38. The van der Waals surface area contributed by atoms with Gasteiger partial charge in [-0.25, -0.2) is 0 Å². The average molecular weight is 404 g/mol. The summed E-state index contributed by atoms with van der Waals surface area (Å²) in [5, 5.41) is 15.4. The van der Waals surface area contributed by atoms with Crippen LogP contribution in [0.2, 0.25) is 0 Å². The van der Waals surface area contributed by atoms with E-state index in [0.29, 0.717) is 31.1 Å². The molecule has 0 spiro atoms. The summed E-state index contributed by atoms with van der Waals surface area (Å²) in [6.45, 7) is 9.77. The predicted molar refractivity (Wildman–Crippen MR) is 116 cm³/mol. The van der Waals surface area contributed by atoms with Crippen molar-refractivity contribution in [1.29, 1.82) is 0 Å². The molecule has 0 saturated carbocycles. The summed E-state index contributed by atoms with van der Waals surface area (Å²) in [6, 6.07) is 7.61. The lowest BCUT2D eigenvalue weighted by molar-refractivity contribution is -0.126. The molecule has 162 valence electrons. The molecular weight excluding hydrogens is 366 g/mol. The standard InChI is InChI=1S/C23H37N3O3/c1-5-18(22(29)25-12-7-10-21(28)24-4)16-26-13-11-23(3,17(2)15-26)19-8-6-9-20(27)14-19/h6,8-9,14,17-18,27H,5,7,10-13,15-16H2,1-4H3,(H,24,28)(H,25,29). The lowest BCUT2D eigenvalue weighted by atomic mass is 9.68. The third-order valence-electron chi connectivity index (χ3n) is 6.57. The fraction of sp³-hybridized carbons (Fsp3) is 0.652. The van der Waals surface area contributed by atoms with Crippen molar-refractivity contribution < 1.29 is 14.7 Å². The second-order valence-electron chi connectivity index (χ2n) is 8.55. The second kappa shape index (κ2) is 10.6. The maximum Gasteiger partial charge on any atom is 0.224 e. The lowest BCUT2D eigenvalue weighted by Crippen LogP contribution is -2.50. The number of carbonyl (C=O) groups is 2. The Morgan fingerprint density at radius 1 is 1.38 bits per heavy atom. The molecule has 1 aromatic rings. The molecule has 1 heterocycles. The number of rotatable bonds is 9. The minimum atomic E-state index is -0.0349. The molecule has 1 aliphatic rings. The van der Waals surface area contributed by atoms with Crippen LogP contribution in [-0.2, 0) is 15.0 Å². The summed E-state index contributed by atoms with van der Waals surface area (Å²) in [4.78, 5) is 26.2. The van der Waals surface area contributed by atoms with Crippen LogP contribution >= 0.6 is 0 Å². The molecule has 29 heavy (non-hydrogen) atoms. The Morgan fingerprint density at radius 2 is 2.14 bits per heavy atom. The first-order chi connectivity index (χ1) is 13.8. The van der Waals surface area contributed by atoms with Crippen molar-refractivity contribution >= 4 is 11.8 Å². The van der Waals surface area contributed by atoms with Crippen LogP contribution in [0, 0.1) is 11.8 Å². The van der Waals surface area contributed by atoms with Gasteiger partial charge in [0.25, 0.3) is 0 Å². The van der Waals surface area contributed by atoms with Crippen molar-refractivity contribution in [3.05, 3.63) is 29.8 Å². The zero-order valence-electron chi connectivity index (χ0n) is 18.3. The van der Waals surface area contributed by atoms with E-state index >= 15 is 0 Å². The molecule has 0 aliphatic carbocycles. The van der Waals surface area contributed by atoms with Crippen LogP contribution in [0.5, 0.6) is 5.75 Å². The van der Waals surface area contributed by atoms with Gasteiger partial charge in [-0.1, -0.05) is 32.9 Å². The van der Waals surface area contributed by atoms with E-state index in [2.05, 4.69) is 42.4 Å². The number of nitrogens with one attached hydrogen (secondary N) is 2. The van der Waals surface area contributed by atoms with E-state index in [1.807, 2.05) is 12.1 Å². The largest absolute Gasteiger partial charge is 0.508 e. The number of nitrogens with zero attached hydrogens (tertiary/aromatic N) is 1. The Kier molecular flexibility index (Phi) is 8.50. The fourth-order valence-electron chi connectivity index (χ4n) is 4.21. The van der Waals surface area contributed by atoms with Gasteiger partial charge in [-0.05, 0) is 54.8 Å². The minimum absolute atomic E-state index is 0.00313. The first-order valence-electron chi connectivity index (χ1n) is 10.8. The number of aromatic hydroxyl groups is 1. The molecule has 6 nitrogen and oxygen atoms in total. The summed E-state index contributed by atoms with van der Waals surface area (Å²) in [7, 11) is 1.62. The lowest BCUT2D eigenvalue weighted by Gasteiger charge is -2.45. The average Bonchev–Trinajstić information content (AvgIpc) is 2.71. The number of hydrogen-bond acceptors (Lipinski definition) is 4. The van der Waals surface area contributed by atoms with Gasteiger partial charge >= 0.3 is 0 Å². The molecule has 0 bridgehead atoms. The first-order valence-corrected chi connectivity index (χ1v) is 10.8. The van der Waals surface area contributed by atoms with E-state index in [1.54, 1.807) is 13.1 Å². The van der Waals surface area contributed by atoms with E-state index in [4.69, 9.17) is 0 Å². The van der Waals surface area contributed by atoms with E-state index in [0.717, 1.165) is 32.5 Å². The summed E-state index contributed by atoms with van der Waals surface area (Å²) < 4.78 is 0. The first kappa shape index (κ1) is 23.2. The van der Waals surface area contributed by atoms with E-state index in [1.165, 1.54) is 5.56 Å². The summed E-state index contributed by atoms with van der Waals surface area (Å²) in [5.41, 5.74) is 1.21. The number of phenolic OH excluding ortho intramolecular Hbond substituents is 1. The molecule has 3 atom stereocenters. The van der Waals surface area contributed by atoms with Crippen LogP contribution in [0.1, 0.15) is 52.0 Å². The highest BCUT2D eigenvalue weighted by molar-refractivity contribution is 5.79. The maximum absolute atomic E-state index is 12.6. The quantitative estimate of drug-likeness (QED) is 0.554. The fourth-order valence-corrected chi connectivity index (χ4v) is 4.21. The molecule has 2 amide bonds. The van der Waals surface area contributed by atoms with Crippen molar-refractivity contribution in [2.45, 2.75) is 51.9 Å².